The highest BCUT2D eigenvalue weighted by molar-refractivity contribution is 6.06. The number of rotatable bonds is 4. The fourth-order valence-electron chi connectivity index (χ4n) is 3.93. The van der Waals surface area contributed by atoms with E-state index in [9.17, 15) is 0 Å². The number of fused-ring (bicyclic) bond motifs is 5. The number of nitrogens with zero attached hydrogens (tertiary/aromatic N) is 3. The van der Waals surface area contributed by atoms with Gasteiger partial charge in [0.25, 0.3) is 0 Å². The Morgan fingerprint density at radius 1 is 1.14 bits per heavy atom. The third-order valence-electron chi connectivity index (χ3n) is 5.38. The van der Waals surface area contributed by atoms with Crippen LogP contribution in [0.15, 0.2) is 54.6 Å². The molecular weight excluding hydrogens is 352 g/mol. The minimum Gasteiger partial charge on any atom is -0.382 e. The summed E-state index contributed by atoms with van der Waals surface area (Å²) in [6.45, 7) is 3.69. The predicted molar refractivity (Wildman–Crippen MR) is 109 cm³/mol. The van der Waals surface area contributed by atoms with E-state index in [-0.39, 0.29) is 12.1 Å². The van der Waals surface area contributed by atoms with Crippen molar-refractivity contribution < 1.29 is 9.47 Å². The summed E-state index contributed by atoms with van der Waals surface area (Å²) in [6.07, 6.45) is -0.0511. The number of imidazole rings is 1. The highest BCUT2D eigenvalue weighted by atomic mass is 16.5. The molecule has 0 saturated carbocycles. The molecular formula is C22H22N4O2. The lowest BCUT2D eigenvalue weighted by atomic mass is 10.1. The lowest BCUT2D eigenvalue weighted by molar-refractivity contribution is -0.0356. The van der Waals surface area contributed by atoms with Gasteiger partial charge in [-0.05, 0) is 18.6 Å². The van der Waals surface area contributed by atoms with E-state index < -0.39 is 0 Å². The molecule has 1 aliphatic rings. The summed E-state index contributed by atoms with van der Waals surface area (Å²) in [5, 5.41) is 1.05. The molecule has 6 heteroatoms. The number of aromatic nitrogens is 3. The maximum absolute atomic E-state index is 6.23. The van der Waals surface area contributed by atoms with Crippen LogP contribution in [0.4, 0.5) is 5.82 Å². The summed E-state index contributed by atoms with van der Waals surface area (Å²) in [7, 11) is 0. The zero-order valence-electron chi connectivity index (χ0n) is 15.7. The molecule has 0 unspecified atom stereocenters. The summed E-state index contributed by atoms with van der Waals surface area (Å²) < 4.78 is 14.3. The molecule has 28 heavy (non-hydrogen) atoms. The van der Waals surface area contributed by atoms with E-state index in [0.29, 0.717) is 25.6 Å². The Labute approximate surface area is 162 Å². The van der Waals surface area contributed by atoms with E-state index in [0.717, 1.165) is 33.3 Å². The standard InChI is InChI=1S/C22H22N4O2/c1-14(28-11-15-7-3-2-4-8-15)18-12-27-13-19-25-20-21(26(18)19)16-9-5-6-10-17(16)24-22(20)23/h2-10,14,18H,11-13H2,1H3,(H2,23,24)/t14-,18+/m0/s1. The second kappa shape index (κ2) is 6.89. The molecule has 3 heterocycles. The van der Waals surface area contributed by atoms with Gasteiger partial charge in [0.05, 0.1) is 36.4 Å². The summed E-state index contributed by atoms with van der Waals surface area (Å²) in [6, 6.07) is 18.3. The predicted octanol–water partition coefficient (Wildman–Crippen LogP) is 3.84. The van der Waals surface area contributed by atoms with Gasteiger partial charge in [0.15, 0.2) is 5.82 Å². The average molecular weight is 374 g/mol. The first kappa shape index (κ1) is 17.2. The van der Waals surface area contributed by atoms with Crippen molar-refractivity contribution in [3.8, 4) is 0 Å². The van der Waals surface area contributed by atoms with E-state index in [1.807, 2.05) is 36.4 Å². The van der Waals surface area contributed by atoms with E-state index in [4.69, 9.17) is 20.2 Å². The molecule has 0 bridgehead atoms. The Bertz CT molecular complexity index is 1140. The number of nitrogens with two attached hydrogens (primary N) is 1. The number of pyridine rings is 1. The van der Waals surface area contributed by atoms with E-state index >= 15 is 0 Å². The maximum Gasteiger partial charge on any atom is 0.152 e. The number of hydrogen-bond acceptors (Lipinski definition) is 5. The van der Waals surface area contributed by atoms with Crippen molar-refractivity contribution in [2.75, 3.05) is 12.3 Å². The molecule has 0 fully saturated rings. The molecule has 5 rings (SSSR count). The van der Waals surface area contributed by atoms with Crippen LogP contribution in [0.3, 0.4) is 0 Å². The summed E-state index contributed by atoms with van der Waals surface area (Å²) in [4.78, 5) is 9.27. The fraction of sp³-hybridized carbons (Fsp3) is 0.273. The monoisotopic (exact) mass is 374 g/mol. The topological polar surface area (TPSA) is 75.2 Å². The molecule has 2 aromatic carbocycles. The first-order valence-electron chi connectivity index (χ1n) is 9.50. The normalized spacial score (nSPS) is 17.7. The quantitative estimate of drug-likeness (QED) is 0.587. The molecule has 0 radical (unpaired) electrons. The van der Waals surface area contributed by atoms with Crippen LogP contribution in [0, 0.1) is 0 Å². The molecule has 4 aromatic rings. The van der Waals surface area contributed by atoms with Crippen LogP contribution in [-0.4, -0.2) is 27.2 Å². The molecule has 142 valence electrons. The first-order chi connectivity index (χ1) is 13.7. The van der Waals surface area contributed by atoms with Crippen LogP contribution in [0.25, 0.3) is 21.9 Å². The lowest BCUT2D eigenvalue weighted by Gasteiger charge is -2.31. The van der Waals surface area contributed by atoms with Crippen LogP contribution in [0.5, 0.6) is 0 Å². The second-order valence-corrected chi connectivity index (χ2v) is 7.19. The number of benzene rings is 2. The lowest BCUT2D eigenvalue weighted by Crippen LogP contribution is -2.33. The first-order valence-corrected chi connectivity index (χ1v) is 9.50. The van der Waals surface area contributed by atoms with E-state index in [1.165, 1.54) is 0 Å². The summed E-state index contributed by atoms with van der Waals surface area (Å²) >= 11 is 0. The maximum atomic E-state index is 6.23. The van der Waals surface area contributed by atoms with Crippen molar-refractivity contribution in [2.24, 2.45) is 0 Å². The zero-order chi connectivity index (χ0) is 19.1. The molecule has 1 aliphatic heterocycles. The van der Waals surface area contributed by atoms with Crippen molar-refractivity contribution in [1.82, 2.24) is 14.5 Å². The molecule has 2 N–H and O–H groups in total. The molecule has 6 nitrogen and oxygen atoms in total. The molecule has 2 aromatic heterocycles. The Morgan fingerprint density at radius 3 is 2.79 bits per heavy atom. The molecule has 2 atom stereocenters. The van der Waals surface area contributed by atoms with Crippen LogP contribution in [0.2, 0.25) is 0 Å². The summed E-state index contributed by atoms with van der Waals surface area (Å²) in [5.74, 6) is 1.32. The molecule has 0 spiro atoms. The van der Waals surface area contributed by atoms with Gasteiger partial charge in [-0.25, -0.2) is 9.97 Å². The number of anilines is 1. The van der Waals surface area contributed by atoms with Gasteiger partial charge in [-0.2, -0.15) is 0 Å². The van der Waals surface area contributed by atoms with Crippen molar-refractivity contribution in [3.05, 3.63) is 66.0 Å². The Kier molecular flexibility index (Phi) is 4.22. The van der Waals surface area contributed by atoms with Gasteiger partial charge in [0, 0.05) is 5.39 Å². The average Bonchev–Trinajstić information content (AvgIpc) is 3.14. The number of para-hydroxylation sites is 1. The Balaban J connectivity index is 1.57. The van der Waals surface area contributed by atoms with Gasteiger partial charge in [-0.1, -0.05) is 48.5 Å². The van der Waals surface area contributed by atoms with Gasteiger partial charge in [-0.15, -0.1) is 0 Å². The smallest absolute Gasteiger partial charge is 0.152 e. The largest absolute Gasteiger partial charge is 0.382 e. The van der Waals surface area contributed by atoms with Crippen LogP contribution < -0.4 is 5.73 Å². The minimum absolute atomic E-state index is 0.0164. The number of hydrogen-bond donors (Lipinski definition) is 1. The minimum atomic E-state index is -0.0511. The Hall–Kier alpha value is -2.96. The van der Waals surface area contributed by atoms with Crippen LogP contribution in [0.1, 0.15) is 24.4 Å². The van der Waals surface area contributed by atoms with Gasteiger partial charge in [0.2, 0.25) is 0 Å². The third kappa shape index (κ3) is 2.82. The van der Waals surface area contributed by atoms with Crippen molar-refractivity contribution >= 4 is 27.8 Å². The van der Waals surface area contributed by atoms with Crippen LogP contribution >= 0.6 is 0 Å². The van der Waals surface area contributed by atoms with Gasteiger partial charge < -0.3 is 19.8 Å². The van der Waals surface area contributed by atoms with Gasteiger partial charge in [-0.3, -0.25) is 0 Å². The van der Waals surface area contributed by atoms with Gasteiger partial charge in [0.1, 0.15) is 17.9 Å². The number of ether oxygens (including phenoxy) is 2. The highest BCUT2D eigenvalue weighted by Gasteiger charge is 2.30. The van der Waals surface area contributed by atoms with Crippen molar-refractivity contribution in [3.63, 3.8) is 0 Å². The SMILES string of the molecule is C[C@H](OCc1ccccc1)[C@H]1COCc2nc3c(N)nc4ccccc4c3n21. The third-order valence-corrected chi connectivity index (χ3v) is 5.38. The van der Waals surface area contributed by atoms with Crippen molar-refractivity contribution in [2.45, 2.75) is 32.3 Å². The van der Waals surface area contributed by atoms with E-state index in [2.05, 4.69) is 34.7 Å². The molecule has 0 saturated heterocycles. The van der Waals surface area contributed by atoms with Crippen LogP contribution in [-0.2, 0) is 22.7 Å². The van der Waals surface area contributed by atoms with Gasteiger partial charge >= 0.3 is 0 Å². The number of nitrogen functional groups attached to an aromatic ring is 1. The molecule has 0 aliphatic carbocycles. The van der Waals surface area contributed by atoms with E-state index in [1.54, 1.807) is 0 Å². The summed E-state index contributed by atoms with van der Waals surface area (Å²) in [5.41, 5.74) is 10.0. The Morgan fingerprint density at radius 2 is 1.93 bits per heavy atom. The molecule has 0 amide bonds. The second-order valence-electron chi connectivity index (χ2n) is 7.19. The van der Waals surface area contributed by atoms with Crippen molar-refractivity contribution in [1.29, 1.82) is 0 Å². The fourth-order valence-corrected chi connectivity index (χ4v) is 3.93. The zero-order valence-corrected chi connectivity index (χ0v) is 15.7. The highest BCUT2D eigenvalue weighted by Crippen LogP contribution is 2.35.